The van der Waals surface area contributed by atoms with E-state index in [-0.39, 0.29) is 28.9 Å². The van der Waals surface area contributed by atoms with E-state index >= 15 is 0 Å². The Morgan fingerprint density at radius 3 is 3.00 bits per heavy atom. The highest BCUT2D eigenvalue weighted by molar-refractivity contribution is 6.31. The molecular weight excluding hydrogens is 268 g/mol. The predicted molar refractivity (Wildman–Crippen MR) is 69.0 cm³/mol. The van der Waals surface area contributed by atoms with E-state index in [0.717, 1.165) is 13.1 Å². The Labute approximate surface area is 113 Å². The number of hydrogen-bond donors (Lipinski definition) is 2. The lowest BCUT2D eigenvalue weighted by Gasteiger charge is -2.26. The van der Waals surface area contributed by atoms with E-state index in [9.17, 15) is 4.79 Å². The molecule has 98 valence electrons. The van der Waals surface area contributed by atoms with Crippen LogP contribution >= 0.6 is 11.6 Å². The van der Waals surface area contributed by atoms with Crippen molar-refractivity contribution in [1.82, 2.24) is 25.3 Å². The standard InChI is InChI=1S/C11H11ClN6O/c12-6-1-8(11(13)15-2-6)10(19)9-5-18(17-16-9)7-3-14-4-7/h1-2,5,7,14H,3-4H2,(H2,13,15). The van der Waals surface area contributed by atoms with E-state index in [1.54, 1.807) is 10.9 Å². The maximum atomic E-state index is 12.3. The minimum atomic E-state index is -0.328. The maximum Gasteiger partial charge on any atom is 0.218 e. The number of nitrogens with one attached hydrogen (secondary N) is 1. The summed E-state index contributed by atoms with van der Waals surface area (Å²) in [6.07, 6.45) is 3.01. The monoisotopic (exact) mass is 278 g/mol. The molecule has 1 saturated heterocycles. The van der Waals surface area contributed by atoms with Gasteiger partial charge in [-0.15, -0.1) is 5.10 Å². The molecule has 0 spiro atoms. The molecule has 7 nitrogen and oxygen atoms in total. The summed E-state index contributed by atoms with van der Waals surface area (Å²) >= 11 is 5.82. The number of ketones is 1. The minimum Gasteiger partial charge on any atom is -0.383 e. The fourth-order valence-electron chi connectivity index (χ4n) is 1.79. The summed E-state index contributed by atoms with van der Waals surface area (Å²) in [5, 5.41) is 11.3. The molecule has 1 fully saturated rings. The molecule has 0 aromatic carbocycles. The average Bonchev–Trinajstić information content (AvgIpc) is 2.78. The van der Waals surface area contributed by atoms with Crippen molar-refractivity contribution in [2.75, 3.05) is 18.8 Å². The van der Waals surface area contributed by atoms with Crippen LogP contribution in [-0.2, 0) is 0 Å². The third-order valence-electron chi connectivity index (χ3n) is 3.01. The van der Waals surface area contributed by atoms with E-state index < -0.39 is 0 Å². The molecule has 3 rings (SSSR count). The first kappa shape index (κ1) is 12.1. The van der Waals surface area contributed by atoms with Crippen LogP contribution in [0.15, 0.2) is 18.5 Å². The van der Waals surface area contributed by atoms with E-state index in [1.165, 1.54) is 12.3 Å². The predicted octanol–water partition coefficient (Wildman–Crippen LogP) is 0.284. The second-order valence-corrected chi connectivity index (χ2v) is 4.75. The van der Waals surface area contributed by atoms with Gasteiger partial charge in [-0.1, -0.05) is 16.8 Å². The quantitative estimate of drug-likeness (QED) is 0.783. The van der Waals surface area contributed by atoms with Crippen LogP contribution in [0.3, 0.4) is 0 Å². The lowest BCUT2D eigenvalue weighted by molar-refractivity contribution is 0.103. The summed E-state index contributed by atoms with van der Waals surface area (Å²) in [6, 6.07) is 1.74. The van der Waals surface area contributed by atoms with Gasteiger partial charge in [0.05, 0.1) is 22.8 Å². The number of halogens is 1. The van der Waals surface area contributed by atoms with Crippen LogP contribution in [0.25, 0.3) is 0 Å². The molecular formula is C11H11ClN6O. The van der Waals surface area contributed by atoms with E-state index in [2.05, 4.69) is 20.6 Å². The van der Waals surface area contributed by atoms with E-state index in [1.807, 2.05) is 0 Å². The van der Waals surface area contributed by atoms with Crippen molar-refractivity contribution in [3.63, 3.8) is 0 Å². The van der Waals surface area contributed by atoms with Crippen molar-refractivity contribution in [2.24, 2.45) is 0 Å². The highest BCUT2D eigenvalue weighted by Crippen LogP contribution is 2.18. The van der Waals surface area contributed by atoms with Gasteiger partial charge in [-0.2, -0.15) is 0 Å². The molecule has 0 atom stereocenters. The van der Waals surface area contributed by atoms with Crippen molar-refractivity contribution in [1.29, 1.82) is 0 Å². The lowest BCUT2D eigenvalue weighted by Crippen LogP contribution is -2.43. The van der Waals surface area contributed by atoms with Crippen molar-refractivity contribution in [2.45, 2.75) is 6.04 Å². The van der Waals surface area contributed by atoms with Gasteiger partial charge >= 0.3 is 0 Å². The molecule has 0 bridgehead atoms. The summed E-state index contributed by atoms with van der Waals surface area (Å²) in [7, 11) is 0. The van der Waals surface area contributed by atoms with Gasteiger partial charge in [0.1, 0.15) is 5.82 Å². The molecule has 1 aliphatic rings. The first-order valence-electron chi connectivity index (χ1n) is 5.73. The molecule has 3 N–H and O–H groups in total. The number of hydrogen-bond acceptors (Lipinski definition) is 6. The lowest BCUT2D eigenvalue weighted by atomic mass is 10.1. The number of carbonyl (C=O) groups is 1. The fourth-order valence-corrected chi connectivity index (χ4v) is 1.95. The first-order valence-corrected chi connectivity index (χ1v) is 6.11. The summed E-state index contributed by atoms with van der Waals surface area (Å²) in [5.74, 6) is -0.194. The molecule has 0 unspecified atom stereocenters. The Hall–Kier alpha value is -1.99. The molecule has 0 aliphatic carbocycles. The van der Waals surface area contributed by atoms with Gasteiger partial charge in [-0.05, 0) is 6.07 Å². The Morgan fingerprint density at radius 2 is 2.32 bits per heavy atom. The van der Waals surface area contributed by atoms with Crippen LogP contribution in [0.1, 0.15) is 22.1 Å². The van der Waals surface area contributed by atoms with Crippen molar-refractivity contribution in [3.05, 3.63) is 34.7 Å². The van der Waals surface area contributed by atoms with Gasteiger partial charge in [-0.25, -0.2) is 9.67 Å². The van der Waals surface area contributed by atoms with E-state index in [0.29, 0.717) is 5.02 Å². The highest BCUT2D eigenvalue weighted by Gasteiger charge is 2.23. The summed E-state index contributed by atoms with van der Waals surface area (Å²) in [4.78, 5) is 16.1. The Balaban J connectivity index is 1.90. The molecule has 2 aromatic rings. The fraction of sp³-hybridized carbons (Fsp3) is 0.273. The highest BCUT2D eigenvalue weighted by atomic mass is 35.5. The number of nitrogen functional groups attached to an aromatic ring is 1. The number of nitrogens with zero attached hydrogens (tertiary/aromatic N) is 4. The number of pyridine rings is 1. The topological polar surface area (TPSA) is 98.7 Å². The summed E-state index contributed by atoms with van der Waals surface area (Å²) in [6.45, 7) is 1.66. The van der Waals surface area contributed by atoms with Gasteiger partial charge in [0.2, 0.25) is 5.78 Å². The van der Waals surface area contributed by atoms with Crippen molar-refractivity contribution >= 4 is 23.2 Å². The SMILES string of the molecule is Nc1ncc(Cl)cc1C(=O)c1cn(C2CNC2)nn1. The molecule has 8 heteroatoms. The number of anilines is 1. The molecule has 0 amide bonds. The van der Waals surface area contributed by atoms with E-state index in [4.69, 9.17) is 17.3 Å². The molecule has 0 radical (unpaired) electrons. The van der Waals surface area contributed by atoms with Gasteiger partial charge in [-0.3, -0.25) is 4.79 Å². The van der Waals surface area contributed by atoms with Crippen molar-refractivity contribution < 1.29 is 4.79 Å². The number of aromatic nitrogens is 4. The molecule has 3 heterocycles. The average molecular weight is 279 g/mol. The largest absolute Gasteiger partial charge is 0.383 e. The molecule has 0 saturated carbocycles. The smallest absolute Gasteiger partial charge is 0.218 e. The summed E-state index contributed by atoms with van der Waals surface area (Å²) < 4.78 is 1.68. The number of rotatable bonds is 3. The number of nitrogens with two attached hydrogens (primary N) is 1. The Bertz CT molecular complexity index is 636. The molecule has 19 heavy (non-hydrogen) atoms. The van der Waals surface area contributed by atoms with Crippen molar-refractivity contribution in [3.8, 4) is 0 Å². The van der Waals surface area contributed by atoms with Gasteiger partial charge < -0.3 is 11.1 Å². The normalized spacial score (nSPS) is 15.2. The van der Waals surface area contributed by atoms with Crippen LogP contribution in [0, 0.1) is 0 Å². The first-order chi connectivity index (χ1) is 9.15. The zero-order valence-corrected chi connectivity index (χ0v) is 10.6. The van der Waals surface area contributed by atoms with Crippen LogP contribution < -0.4 is 11.1 Å². The summed E-state index contributed by atoms with van der Waals surface area (Å²) in [5.41, 5.74) is 6.16. The minimum absolute atomic E-state index is 0.134. The zero-order valence-electron chi connectivity index (χ0n) is 9.88. The maximum absolute atomic E-state index is 12.3. The molecule has 2 aromatic heterocycles. The van der Waals surface area contributed by atoms with Crippen LogP contribution in [0.2, 0.25) is 5.02 Å². The van der Waals surface area contributed by atoms with Gasteiger partial charge in [0.25, 0.3) is 0 Å². The Kier molecular flexibility index (Phi) is 2.92. The van der Waals surface area contributed by atoms with Gasteiger partial charge in [0.15, 0.2) is 5.69 Å². The third kappa shape index (κ3) is 2.18. The molecule has 1 aliphatic heterocycles. The second kappa shape index (κ2) is 4.60. The Morgan fingerprint density at radius 1 is 1.53 bits per heavy atom. The third-order valence-corrected chi connectivity index (χ3v) is 3.21. The van der Waals surface area contributed by atoms with Crippen LogP contribution in [0.5, 0.6) is 0 Å². The van der Waals surface area contributed by atoms with Gasteiger partial charge in [0, 0.05) is 19.3 Å². The van der Waals surface area contributed by atoms with Crippen LogP contribution in [-0.4, -0.2) is 38.9 Å². The van der Waals surface area contributed by atoms with Crippen LogP contribution in [0.4, 0.5) is 5.82 Å². The number of carbonyl (C=O) groups excluding carboxylic acids is 1. The second-order valence-electron chi connectivity index (χ2n) is 4.31. The zero-order chi connectivity index (χ0) is 13.4.